The highest BCUT2D eigenvalue weighted by molar-refractivity contribution is 7.15. The van der Waals surface area contributed by atoms with E-state index in [1.54, 1.807) is 0 Å². The van der Waals surface area contributed by atoms with Gasteiger partial charge in [0, 0.05) is 22.9 Å². The molecule has 0 spiro atoms. The Bertz CT molecular complexity index is 859. The van der Waals surface area contributed by atoms with E-state index >= 15 is 0 Å². The molecule has 1 aliphatic carbocycles. The number of carbonyl (C=O) groups is 3. The lowest BCUT2D eigenvalue weighted by molar-refractivity contribution is -0.124. The van der Waals surface area contributed by atoms with Crippen LogP contribution in [0.3, 0.4) is 0 Å². The fourth-order valence-corrected chi connectivity index (χ4v) is 3.62. The molecule has 0 saturated heterocycles. The predicted octanol–water partition coefficient (Wildman–Crippen LogP) is 3.84. The van der Waals surface area contributed by atoms with Crippen molar-refractivity contribution in [1.82, 2.24) is 5.32 Å². The van der Waals surface area contributed by atoms with E-state index in [0.29, 0.717) is 16.1 Å². The van der Waals surface area contributed by atoms with Gasteiger partial charge in [0.25, 0.3) is 5.91 Å². The van der Waals surface area contributed by atoms with Crippen molar-refractivity contribution in [2.24, 2.45) is 5.92 Å². The first kappa shape index (κ1) is 20.1. The van der Waals surface area contributed by atoms with Crippen LogP contribution in [0.4, 0.5) is 5.00 Å². The molecule has 2 N–H and O–H groups in total. The second-order valence-corrected chi connectivity index (χ2v) is 7.82. The lowest BCUT2D eigenvalue weighted by Gasteiger charge is -2.12. The number of hydrogen-bond acceptors (Lipinski definition) is 5. The standard InChI is InChI=1S/C21H24N2O4S/c1-3-13(2)22-17(24)11-27-21(26)18-16(14-7-5-4-6-8-14)12-28-20(18)23-19(25)15-9-10-15/h4-8,12-13,15H,3,9-11H2,1-2H3,(H,22,24)(H,23,25)/t13-/m1/s1. The van der Waals surface area contributed by atoms with E-state index in [1.165, 1.54) is 11.3 Å². The third kappa shape index (κ3) is 4.98. The second kappa shape index (κ2) is 9.01. The monoisotopic (exact) mass is 400 g/mol. The van der Waals surface area contributed by atoms with Crippen molar-refractivity contribution in [1.29, 1.82) is 0 Å². The van der Waals surface area contributed by atoms with Crippen LogP contribution in [0, 0.1) is 5.92 Å². The van der Waals surface area contributed by atoms with E-state index < -0.39 is 5.97 Å². The number of carbonyl (C=O) groups excluding carboxylic acids is 3. The Morgan fingerprint density at radius 2 is 1.93 bits per heavy atom. The summed E-state index contributed by atoms with van der Waals surface area (Å²) >= 11 is 1.29. The van der Waals surface area contributed by atoms with Gasteiger partial charge < -0.3 is 15.4 Å². The molecule has 0 radical (unpaired) electrons. The van der Waals surface area contributed by atoms with Gasteiger partial charge in [0.05, 0.1) is 0 Å². The van der Waals surface area contributed by atoms with Crippen LogP contribution in [0.2, 0.25) is 0 Å². The predicted molar refractivity (Wildman–Crippen MR) is 109 cm³/mol. The number of hydrogen-bond donors (Lipinski definition) is 2. The third-order valence-electron chi connectivity index (χ3n) is 4.62. The minimum absolute atomic E-state index is 0.0145. The lowest BCUT2D eigenvalue weighted by Crippen LogP contribution is -2.35. The average Bonchev–Trinajstić information content (AvgIpc) is 3.47. The molecule has 3 rings (SSSR count). The van der Waals surface area contributed by atoms with Gasteiger partial charge in [-0.1, -0.05) is 37.3 Å². The molecule has 1 saturated carbocycles. The van der Waals surface area contributed by atoms with Crippen molar-refractivity contribution < 1.29 is 19.1 Å². The van der Waals surface area contributed by atoms with Gasteiger partial charge in [0.2, 0.25) is 5.91 Å². The molecule has 7 heteroatoms. The summed E-state index contributed by atoms with van der Waals surface area (Å²) in [6.45, 7) is 3.49. The molecule has 2 aromatic rings. The number of esters is 1. The van der Waals surface area contributed by atoms with Gasteiger partial charge in [-0.25, -0.2) is 4.79 Å². The summed E-state index contributed by atoms with van der Waals surface area (Å²) in [6, 6.07) is 9.44. The largest absolute Gasteiger partial charge is 0.452 e. The van der Waals surface area contributed by atoms with Crippen molar-refractivity contribution >= 4 is 34.1 Å². The molecule has 2 amide bonds. The Labute approximate surface area is 168 Å². The first-order chi connectivity index (χ1) is 13.5. The van der Waals surface area contributed by atoms with Crippen LogP contribution >= 0.6 is 11.3 Å². The summed E-state index contributed by atoms with van der Waals surface area (Å²) in [7, 11) is 0. The molecule has 0 unspecified atom stereocenters. The number of amides is 2. The number of benzene rings is 1. The number of anilines is 1. The normalized spacial score (nSPS) is 14.2. The SMILES string of the molecule is CC[C@@H](C)NC(=O)COC(=O)c1c(-c2ccccc2)csc1NC(=O)C1CC1. The molecule has 28 heavy (non-hydrogen) atoms. The van der Waals surface area contributed by atoms with E-state index in [-0.39, 0.29) is 30.4 Å². The van der Waals surface area contributed by atoms with E-state index in [1.807, 2.05) is 49.6 Å². The maximum atomic E-state index is 12.8. The van der Waals surface area contributed by atoms with Crippen molar-refractivity contribution in [2.75, 3.05) is 11.9 Å². The van der Waals surface area contributed by atoms with Crippen molar-refractivity contribution in [2.45, 2.75) is 39.2 Å². The highest BCUT2D eigenvalue weighted by Crippen LogP contribution is 2.38. The van der Waals surface area contributed by atoms with Gasteiger partial charge in [0.15, 0.2) is 6.61 Å². The Morgan fingerprint density at radius 3 is 2.57 bits per heavy atom. The minimum atomic E-state index is -0.620. The summed E-state index contributed by atoms with van der Waals surface area (Å²) in [6.07, 6.45) is 2.54. The maximum Gasteiger partial charge on any atom is 0.342 e. The molecule has 1 atom stereocenters. The summed E-state index contributed by atoms with van der Waals surface area (Å²) < 4.78 is 5.26. The van der Waals surface area contributed by atoms with Crippen LogP contribution in [0.15, 0.2) is 35.7 Å². The quantitative estimate of drug-likeness (QED) is 0.660. The van der Waals surface area contributed by atoms with Crippen LogP contribution in [0.25, 0.3) is 11.1 Å². The number of nitrogens with one attached hydrogen (secondary N) is 2. The van der Waals surface area contributed by atoms with E-state index in [2.05, 4.69) is 10.6 Å². The van der Waals surface area contributed by atoms with Gasteiger partial charge in [-0.15, -0.1) is 11.3 Å². The van der Waals surface area contributed by atoms with Gasteiger partial charge in [-0.05, 0) is 31.7 Å². The molecule has 1 fully saturated rings. The van der Waals surface area contributed by atoms with Crippen LogP contribution in [-0.2, 0) is 14.3 Å². The number of ether oxygens (including phenoxy) is 1. The Kier molecular flexibility index (Phi) is 6.46. The molecule has 0 bridgehead atoms. The molecule has 1 aliphatic rings. The lowest BCUT2D eigenvalue weighted by atomic mass is 10.0. The zero-order chi connectivity index (χ0) is 20.1. The molecule has 1 aromatic heterocycles. The summed E-state index contributed by atoms with van der Waals surface area (Å²) in [4.78, 5) is 36.9. The fourth-order valence-electron chi connectivity index (χ4n) is 2.66. The minimum Gasteiger partial charge on any atom is -0.452 e. The van der Waals surface area contributed by atoms with Gasteiger partial charge in [-0.2, -0.15) is 0 Å². The van der Waals surface area contributed by atoms with Crippen molar-refractivity contribution in [3.63, 3.8) is 0 Å². The summed E-state index contributed by atoms with van der Waals surface area (Å²) in [5, 5.41) is 7.90. The number of rotatable bonds is 8. The first-order valence-electron chi connectivity index (χ1n) is 9.43. The Balaban J connectivity index is 1.79. The molecular weight excluding hydrogens is 376 g/mol. The second-order valence-electron chi connectivity index (χ2n) is 6.94. The topological polar surface area (TPSA) is 84.5 Å². The Morgan fingerprint density at radius 1 is 1.21 bits per heavy atom. The Hall–Kier alpha value is -2.67. The van der Waals surface area contributed by atoms with Crippen LogP contribution < -0.4 is 10.6 Å². The molecule has 0 aliphatic heterocycles. The zero-order valence-corrected chi connectivity index (χ0v) is 16.8. The van der Waals surface area contributed by atoms with Crippen LogP contribution in [-0.4, -0.2) is 30.4 Å². The third-order valence-corrected chi connectivity index (χ3v) is 5.51. The fraction of sp³-hybridized carbons (Fsp3) is 0.381. The number of thiophene rings is 1. The molecular formula is C21H24N2O4S. The van der Waals surface area contributed by atoms with Crippen molar-refractivity contribution in [3.8, 4) is 11.1 Å². The highest BCUT2D eigenvalue weighted by atomic mass is 32.1. The average molecular weight is 401 g/mol. The van der Waals surface area contributed by atoms with Gasteiger partial charge in [0.1, 0.15) is 10.6 Å². The summed E-state index contributed by atoms with van der Waals surface area (Å²) in [5.74, 6) is -1.02. The van der Waals surface area contributed by atoms with Crippen LogP contribution in [0.1, 0.15) is 43.5 Å². The van der Waals surface area contributed by atoms with Crippen LogP contribution in [0.5, 0.6) is 0 Å². The maximum absolute atomic E-state index is 12.8. The van der Waals surface area contributed by atoms with E-state index in [9.17, 15) is 14.4 Å². The highest BCUT2D eigenvalue weighted by Gasteiger charge is 2.32. The molecule has 6 nitrogen and oxygen atoms in total. The zero-order valence-electron chi connectivity index (χ0n) is 16.0. The van der Waals surface area contributed by atoms with Gasteiger partial charge in [-0.3, -0.25) is 9.59 Å². The molecule has 148 valence electrons. The molecule has 1 heterocycles. The van der Waals surface area contributed by atoms with E-state index in [0.717, 1.165) is 24.8 Å². The smallest absolute Gasteiger partial charge is 0.342 e. The summed E-state index contributed by atoms with van der Waals surface area (Å²) in [5.41, 5.74) is 1.83. The molecule has 1 aromatic carbocycles. The first-order valence-corrected chi connectivity index (χ1v) is 10.3. The van der Waals surface area contributed by atoms with Crippen molar-refractivity contribution in [3.05, 3.63) is 41.3 Å². The van der Waals surface area contributed by atoms with E-state index in [4.69, 9.17) is 4.74 Å². The van der Waals surface area contributed by atoms with Gasteiger partial charge >= 0.3 is 5.97 Å².